The van der Waals surface area contributed by atoms with Crippen LogP contribution in [0, 0.1) is 0 Å². The molecule has 0 heterocycles. The van der Waals surface area contributed by atoms with E-state index >= 15 is 0 Å². The Labute approximate surface area is 174 Å². The molecular weight excluding hydrogens is 380 g/mol. The molecule has 0 aliphatic heterocycles. The number of carbonyl (C=O) groups is 2. The van der Waals surface area contributed by atoms with Crippen molar-refractivity contribution < 1.29 is 24.2 Å². The van der Waals surface area contributed by atoms with Gasteiger partial charge in [-0.3, -0.25) is 9.59 Å². The highest BCUT2D eigenvalue weighted by Gasteiger charge is 2.35. The van der Waals surface area contributed by atoms with Gasteiger partial charge >= 0.3 is 0 Å². The van der Waals surface area contributed by atoms with E-state index in [2.05, 4.69) is 0 Å². The summed E-state index contributed by atoms with van der Waals surface area (Å²) in [5.41, 5.74) is 2.64. The van der Waals surface area contributed by atoms with Gasteiger partial charge in [-0.25, -0.2) is 0 Å². The van der Waals surface area contributed by atoms with Gasteiger partial charge in [-0.1, -0.05) is 30.3 Å². The fraction of sp³-hybridized carbons (Fsp3) is 0.200. The van der Waals surface area contributed by atoms with Crippen LogP contribution in [0.25, 0.3) is 0 Å². The number of ketones is 2. The Balaban J connectivity index is 1.59. The SMILES string of the molecule is COc1ccc(CCCc2ccc3c(c2O)C(=O)c2c(OC)cccc2C3=O)cc1. The molecule has 152 valence electrons. The number of fused-ring (bicyclic) bond motifs is 2. The van der Waals surface area contributed by atoms with E-state index in [0.717, 1.165) is 24.2 Å². The highest BCUT2D eigenvalue weighted by atomic mass is 16.5. The van der Waals surface area contributed by atoms with Crippen LogP contribution in [0.2, 0.25) is 0 Å². The van der Waals surface area contributed by atoms with Crippen molar-refractivity contribution in [2.75, 3.05) is 14.2 Å². The quantitative estimate of drug-likeness (QED) is 0.519. The zero-order chi connectivity index (χ0) is 21.3. The molecule has 0 atom stereocenters. The standard InChI is InChI=1S/C25H22O5/c1-29-17-12-9-15(10-13-17)5-3-6-16-11-14-19-22(23(16)26)25(28)21-18(24(19)27)7-4-8-20(21)30-2/h4,7-14,26H,3,5-6H2,1-2H3. The minimum atomic E-state index is -0.383. The first-order valence-corrected chi connectivity index (χ1v) is 9.79. The predicted molar refractivity (Wildman–Crippen MR) is 113 cm³/mol. The number of carbonyl (C=O) groups excluding carboxylic acids is 2. The van der Waals surface area contributed by atoms with E-state index in [1.54, 1.807) is 37.4 Å². The van der Waals surface area contributed by atoms with Crippen LogP contribution in [0.1, 0.15) is 49.4 Å². The first-order valence-electron chi connectivity index (χ1n) is 9.79. The van der Waals surface area contributed by atoms with Crippen molar-refractivity contribution in [2.45, 2.75) is 19.3 Å². The van der Waals surface area contributed by atoms with E-state index in [-0.39, 0.29) is 34.0 Å². The normalized spacial score (nSPS) is 12.3. The molecule has 1 aliphatic rings. The van der Waals surface area contributed by atoms with Crippen molar-refractivity contribution in [3.63, 3.8) is 0 Å². The summed E-state index contributed by atoms with van der Waals surface area (Å²) in [6.07, 6.45) is 2.20. The number of phenols is 1. The molecule has 4 rings (SSSR count). The second-order valence-corrected chi connectivity index (χ2v) is 7.24. The largest absolute Gasteiger partial charge is 0.507 e. The molecule has 3 aromatic rings. The Hall–Kier alpha value is -3.60. The van der Waals surface area contributed by atoms with Crippen LogP contribution in [-0.2, 0) is 12.8 Å². The van der Waals surface area contributed by atoms with E-state index in [9.17, 15) is 14.7 Å². The number of hydrogen-bond acceptors (Lipinski definition) is 5. The van der Waals surface area contributed by atoms with Crippen molar-refractivity contribution in [3.8, 4) is 17.2 Å². The summed E-state index contributed by atoms with van der Waals surface area (Å²) < 4.78 is 10.5. The fourth-order valence-corrected chi connectivity index (χ4v) is 3.93. The van der Waals surface area contributed by atoms with Gasteiger partial charge in [0.25, 0.3) is 0 Å². The molecule has 0 fully saturated rings. The molecule has 0 unspecified atom stereocenters. The maximum absolute atomic E-state index is 13.2. The Morgan fingerprint density at radius 3 is 2.20 bits per heavy atom. The molecule has 0 radical (unpaired) electrons. The molecular formula is C25H22O5. The number of aromatic hydroxyl groups is 1. The van der Waals surface area contributed by atoms with Crippen molar-refractivity contribution in [1.29, 1.82) is 0 Å². The van der Waals surface area contributed by atoms with Crippen LogP contribution >= 0.6 is 0 Å². The molecule has 1 aliphatic carbocycles. The van der Waals surface area contributed by atoms with Crippen molar-refractivity contribution in [1.82, 2.24) is 0 Å². The van der Waals surface area contributed by atoms with Gasteiger partial charge in [0.15, 0.2) is 5.78 Å². The van der Waals surface area contributed by atoms with Crippen LogP contribution in [0.4, 0.5) is 0 Å². The number of hydrogen-bond donors (Lipinski definition) is 1. The number of ether oxygens (including phenoxy) is 2. The number of methoxy groups -OCH3 is 2. The molecule has 5 heteroatoms. The Bertz CT molecular complexity index is 1130. The summed E-state index contributed by atoms with van der Waals surface area (Å²) in [6, 6.07) is 16.2. The Kier molecular flexibility index (Phi) is 5.27. The average Bonchev–Trinajstić information content (AvgIpc) is 2.78. The second-order valence-electron chi connectivity index (χ2n) is 7.24. The van der Waals surface area contributed by atoms with Gasteiger partial charge in [-0.15, -0.1) is 0 Å². The lowest BCUT2D eigenvalue weighted by atomic mass is 9.81. The van der Waals surface area contributed by atoms with Crippen LogP contribution < -0.4 is 9.47 Å². The molecule has 0 bridgehead atoms. The summed E-state index contributed by atoms with van der Waals surface area (Å²) in [5, 5.41) is 10.8. The number of benzene rings is 3. The summed E-state index contributed by atoms with van der Waals surface area (Å²) >= 11 is 0. The minimum absolute atomic E-state index is 0.0685. The Morgan fingerprint density at radius 1 is 0.767 bits per heavy atom. The van der Waals surface area contributed by atoms with Crippen LogP contribution in [0.3, 0.4) is 0 Å². The third kappa shape index (κ3) is 3.32. The van der Waals surface area contributed by atoms with Crippen molar-refractivity contribution in [3.05, 3.63) is 88.0 Å². The average molecular weight is 402 g/mol. The fourth-order valence-electron chi connectivity index (χ4n) is 3.93. The van der Waals surface area contributed by atoms with Gasteiger partial charge in [0.05, 0.1) is 25.3 Å². The summed E-state index contributed by atoms with van der Waals surface area (Å²) in [5.74, 6) is 0.369. The molecule has 0 saturated carbocycles. The molecule has 0 spiro atoms. The zero-order valence-electron chi connectivity index (χ0n) is 16.9. The Morgan fingerprint density at radius 2 is 1.50 bits per heavy atom. The van der Waals surface area contributed by atoms with Gasteiger partial charge in [-0.05, 0) is 54.7 Å². The molecule has 0 amide bonds. The van der Waals surface area contributed by atoms with E-state index in [1.165, 1.54) is 7.11 Å². The monoisotopic (exact) mass is 402 g/mol. The van der Waals surface area contributed by atoms with E-state index in [0.29, 0.717) is 23.3 Å². The number of phenolic OH excluding ortho intramolecular Hbond substituents is 1. The van der Waals surface area contributed by atoms with Gasteiger partial charge in [0.1, 0.15) is 17.2 Å². The van der Waals surface area contributed by atoms with Gasteiger partial charge in [0.2, 0.25) is 5.78 Å². The summed E-state index contributed by atoms with van der Waals surface area (Å²) in [7, 11) is 3.09. The minimum Gasteiger partial charge on any atom is -0.507 e. The lowest BCUT2D eigenvalue weighted by Gasteiger charge is -2.21. The van der Waals surface area contributed by atoms with E-state index in [1.807, 2.05) is 24.3 Å². The lowest BCUT2D eigenvalue weighted by molar-refractivity contribution is 0.0974. The first kappa shape index (κ1) is 19.7. The smallest absolute Gasteiger partial charge is 0.201 e. The zero-order valence-corrected chi connectivity index (χ0v) is 16.9. The predicted octanol–water partition coefficient (Wildman–Crippen LogP) is 4.36. The highest BCUT2D eigenvalue weighted by Crippen LogP contribution is 2.38. The third-order valence-corrected chi connectivity index (χ3v) is 5.52. The van der Waals surface area contributed by atoms with Gasteiger partial charge in [-0.2, -0.15) is 0 Å². The maximum atomic E-state index is 13.2. The second kappa shape index (κ2) is 8.03. The third-order valence-electron chi connectivity index (χ3n) is 5.52. The number of aryl methyl sites for hydroxylation is 2. The lowest BCUT2D eigenvalue weighted by Crippen LogP contribution is -2.22. The molecule has 30 heavy (non-hydrogen) atoms. The van der Waals surface area contributed by atoms with Crippen LogP contribution in [0.5, 0.6) is 17.2 Å². The van der Waals surface area contributed by atoms with Crippen molar-refractivity contribution >= 4 is 11.6 Å². The van der Waals surface area contributed by atoms with Gasteiger partial charge < -0.3 is 14.6 Å². The number of rotatable bonds is 6. The highest BCUT2D eigenvalue weighted by molar-refractivity contribution is 6.30. The van der Waals surface area contributed by atoms with E-state index in [4.69, 9.17) is 9.47 Å². The maximum Gasteiger partial charge on any atom is 0.201 e. The van der Waals surface area contributed by atoms with Crippen LogP contribution in [0.15, 0.2) is 54.6 Å². The van der Waals surface area contributed by atoms with Crippen LogP contribution in [-0.4, -0.2) is 30.9 Å². The summed E-state index contributed by atoms with van der Waals surface area (Å²) in [6.45, 7) is 0. The van der Waals surface area contributed by atoms with Crippen molar-refractivity contribution in [2.24, 2.45) is 0 Å². The van der Waals surface area contributed by atoms with Gasteiger partial charge in [0, 0.05) is 11.1 Å². The summed E-state index contributed by atoms with van der Waals surface area (Å²) in [4.78, 5) is 26.1. The molecule has 0 aromatic heterocycles. The van der Waals surface area contributed by atoms with E-state index < -0.39 is 0 Å². The molecule has 0 saturated heterocycles. The first-order chi connectivity index (χ1) is 14.5. The molecule has 3 aromatic carbocycles. The molecule has 1 N–H and O–H groups in total. The topological polar surface area (TPSA) is 72.8 Å². The molecule has 5 nitrogen and oxygen atoms in total.